The topological polar surface area (TPSA) is 95.6 Å². The summed E-state index contributed by atoms with van der Waals surface area (Å²) in [4.78, 5) is 27.3. The summed E-state index contributed by atoms with van der Waals surface area (Å²) in [5.74, 6) is -1.21. The molecule has 2 heterocycles. The van der Waals surface area contributed by atoms with Gasteiger partial charge in [-0.15, -0.1) is 0 Å². The molecule has 2 atom stereocenters. The molecule has 4 rings (SSSR count). The molecule has 2 unspecified atom stereocenters. The van der Waals surface area contributed by atoms with Gasteiger partial charge in [0.2, 0.25) is 5.91 Å². The third kappa shape index (κ3) is 5.09. The molecule has 1 fully saturated rings. The van der Waals surface area contributed by atoms with E-state index in [0.717, 1.165) is 19.4 Å². The second-order valence-corrected chi connectivity index (χ2v) is 10.7. The van der Waals surface area contributed by atoms with Crippen molar-refractivity contribution in [2.75, 3.05) is 29.5 Å². The first-order valence-electron chi connectivity index (χ1n) is 10.7. The summed E-state index contributed by atoms with van der Waals surface area (Å²) in [5, 5.41) is 5.70. The Kier molecular flexibility index (Phi) is 6.19. The molecule has 9 heteroatoms. The van der Waals surface area contributed by atoms with Crippen LogP contribution in [-0.2, 0) is 20.4 Å². The number of likely N-dealkylation sites (tertiary alicyclic amines) is 1. The smallest absolute Gasteiger partial charge is 0.253 e. The highest BCUT2D eigenvalue weighted by molar-refractivity contribution is 7.90. The monoisotopic (exact) mass is 459 g/mol. The van der Waals surface area contributed by atoms with Crippen molar-refractivity contribution in [3.05, 3.63) is 59.4 Å². The average molecular weight is 460 g/mol. The molecule has 1 saturated heterocycles. The number of piperidine rings is 1. The van der Waals surface area contributed by atoms with Crippen LogP contribution in [0.25, 0.3) is 0 Å². The van der Waals surface area contributed by atoms with Crippen molar-refractivity contribution in [1.29, 1.82) is 0 Å². The maximum absolute atomic E-state index is 13.0. The van der Waals surface area contributed by atoms with Gasteiger partial charge in [0, 0.05) is 18.7 Å². The number of halogens is 1. The Bertz CT molecular complexity index is 1130. The Balaban J connectivity index is 1.45. The lowest BCUT2D eigenvalue weighted by Gasteiger charge is -2.31. The number of carbonyl (C=O) groups excluding carboxylic acids is 2. The fourth-order valence-corrected chi connectivity index (χ4v) is 5.76. The van der Waals surface area contributed by atoms with E-state index >= 15 is 0 Å². The quantitative estimate of drug-likeness (QED) is 0.717. The number of nitrogens with one attached hydrogen (secondary N) is 2. The van der Waals surface area contributed by atoms with Gasteiger partial charge < -0.3 is 15.5 Å². The van der Waals surface area contributed by atoms with Crippen LogP contribution in [0.1, 0.15) is 35.7 Å². The number of anilines is 2. The average Bonchev–Trinajstić information content (AvgIpc) is 2.75. The lowest BCUT2D eigenvalue weighted by Crippen LogP contribution is -2.44. The second-order valence-electron chi connectivity index (χ2n) is 8.63. The number of benzene rings is 2. The number of hydrogen-bond acceptors (Lipinski definition) is 5. The minimum absolute atomic E-state index is 0.0717. The van der Waals surface area contributed by atoms with Gasteiger partial charge >= 0.3 is 0 Å². The molecule has 2 amide bonds. The van der Waals surface area contributed by atoms with Crippen LogP contribution in [0.5, 0.6) is 0 Å². The fraction of sp³-hybridized carbons (Fsp3) is 0.391. The lowest BCUT2D eigenvalue weighted by molar-refractivity contribution is -0.116. The Morgan fingerprint density at radius 3 is 2.62 bits per heavy atom. The van der Waals surface area contributed by atoms with Crippen LogP contribution in [0.4, 0.5) is 15.8 Å². The van der Waals surface area contributed by atoms with Crippen LogP contribution in [0.2, 0.25) is 0 Å². The highest BCUT2D eigenvalue weighted by Crippen LogP contribution is 2.29. The van der Waals surface area contributed by atoms with Gasteiger partial charge in [0.05, 0.1) is 22.9 Å². The highest BCUT2D eigenvalue weighted by atomic mass is 32.2. The van der Waals surface area contributed by atoms with E-state index in [-0.39, 0.29) is 11.7 Å². The molecule has 2 aliphatic heterocycles. The Morgan fingerprint density at radius 1 is 1.16 bits per heavy atom. The standard InChI is InChI=1S/C23H26FN3O4S/c1-15-3-2-10-27(12-15)23(29)17-6-9-19-20(11-17)26-22(28)21(25-19)14-32(30,31)13-16-4-7-18(24)8-5-16/h4-9,11,15,21,25H,2-3,10,12-14H2,1H3,(H,26,28). The molecule has 0 radical (unpaired) electrons. The van der Waals surface area contributed by atoms with E-state index in [0.29, 0.717) is 35.0 Å². The molecule has 32 heavy (non-hydrogen) atoms. The predicted octanol–water partition coefficient (Wildman–Crippen LogP) is 3.05. The van der Waals surface area contributed by atoms with Gasteiger partial charge in [0.15, 0.2) is 9.84 Å². The summed E-state index contributed by atoms with van der Waals surface area (Å²) in [6.45, 7) is 3.56. The van der Waals surface area contributed by atoms with Crippen molar-refractivity contribution in [3.8, 4) is 0 Å². The number of sulfone groups is 1. The third-order valence-corrected chi connectivity index (χ3v) is 7.45. The van der Waals surface area contributed by atoms with Crippen molar-refractivity contribution in [2.45, 2.75) is 31.6 Å². The summed E-state index contributed by atoms with van der Waals surface area (Å²) >= 11 is 0. The Hall–Kier alpha value is -2.94. The minimum Gasteiger partial charge on any atom is -0.371 e. The zero-order valence-electron chi connectivity index (χ0n) is 17.8. The van der Waals surface area contributed by atoms with Crippen molar-refractivity contribution >= 4 is 33.0 Å². The first-order chi connectivity index (χ1) is 15.2. The first-order valence-corrected chi connectivity index (χ1v) is 12.5. The number of fused-ring (bicyclic) bond motifs is 1. The van der Waals surface area contributed by atoms with Gasteiger partial charge in [0.25, 0.3) is 5.91 Å². The summed E-state index contributed by atoms with van der Waals surface area (Å²) in [5.41, 5.74) is 1.97. The second kappa shape index (κ2) is 8.90. The van der Waals surface area contributed by atoms with E-state index in [1.54, 1.807) is 18.2 Å². The number of rotatable bonds is 5. The molecule has 0 aliphatic carbocycles. The van der Waals surface area contributed by atoms with Crippen molar-refractivity contribution < 1.29 is 22.4 Å². The molecule has 170 valence electrons. The molecular weight excluding hydrogens is 433 g/mol. The number of amides is 2. The van der Waals surface area contributed by atoms with Gasteiger partial charge in [0.1, 0.15) is 11.9 Å². The number of nitrogens with zero attached hydrogens (tertiary/aromatic N) is 1. The molecule has 2 N–H and O–H groups in total. The molecule has 0 saturated carbocycles. The van der Waals surface area contributed by atoms with Crippen LogP contribution in [0.15, 0.2) is 42.5 Å². The minimum atomic E-state index is -3.63. The summed E-state index contributed by atoms with van der Waals surface area (Å²) in [7, 11) is -3.63. The number of carbonyl (C=O) groups is 2. The van der Waals surface area contributed by atoms with Crippen LogP contribution < -0.4 is 10.6 Å². The zero-order valence-corrected chi connectivity index (χ0v) is 18.6. The molecule has 0 bridgehead atoms. The van der Waals surface area contributed by atoms with Crippen molar-refractivity contribution in [3.63, 3.8) is 0 Å². The highest BCUT2D eigenvalue weighted by Gasteiger charge is 2.31. The third-order valence-electron chi connectivity index (χ3n) is 5.84. The number of hydrogen-bond donors (Lipinski definition) is 2. The maximum Gasteiger partial charge on any atom is 0.253 e. The molecule has 2 aromatic rings. The molecule has 7 nitrogen and oxygen atoms in total. The van der Waals surface area contributed by atoms with Gasteiger partial charge in [-0.1, -0.05) is 19.1 Å². The van der Waals surface area contributed by atoms with E-state index < -0.39 is 33.4 Å². The molecule has 0 aromatic heterocycles. The van der Waals surface area contributed by atoms with Gasteiger partial charge in [-0.2, -0.15) is 0 Å². The van der Waals surface area contributed by atoms with Gasteiger partial charge in [-0.25, -0.2) is 12.8 Å². The Labute approximate surface area is 186 Å². The van der Waals surface area contributed by atoms with Crippen molar-refractivity contribution in [1.82, 2.24) is 4.90 Å². The van der Waals surface area contributed by atoms with E-state index in [1.165, 1.54) is 24.3 Å². The SMILES string of the molecule is CC1CCCN(C(=O)c2ccc3c(c2)NC(=O)C(CS(=O)(=O)Cc2ccc(F)cc2)N3)C1. The largest absolute Gasteiger partial charge is 0.371 e. The van der Waals surface area contributed by atoms with E-state index in [2.05, 4.69) is 17.6 Å². The maximum atomic E-state index is 13.0. The Morgan fingerprint density at radius 2 is 1.91 bits per heavy atom. The van der Waals surface area contributed by atoms with Crippen LogP contribution in [-0.4, -0.2) is 50.0 Å². The molecule has 2 aliphatic rings. The fourth-order valence-electron chi connectivity index (χ4n) is 4.20. The van der Waals surface area contributed by atoms with Gasteiger partial charge in [-0.05, 0) is 54.7 Å². The van der Waals surface area contributed by atoms with E-state index in [4.69, 9.17) is 0 Å². The van der Waals surface area contributed by atoms with E-state index in [1.807, 2.05) is 4.90 Å². The summed E-state index contributed by atoms with van der Waals surface area (Å²) < 4.78 is 38.2. The molecule has 0 spiro atoms. The summed E-state index contributed by atoms with van der Waals surface area (Å²) in [6, 6.07) is 9.29. The lowest BCUT2D eigenvalue weighted by atomic mass is 9.99. The van der Waals surface area contributed by atoms with Crippen LogP contribution in [0, 0.1) is 11.7 Å². The predicted molar refractivity (Wildman–Crippen MR) is 121 cm³/mol. The summed E-state index contributed by atoms with van der Waals surface area (Å²) in [6.07, 6.45) is 2.09. The molecular formula is C23H26FN3O4S. The zero-order chi connectivity index (χ0) is 22.9. The van der Waals surface area contributed by atoms with E-state index in [9.17, 15) is 22.4 Å². The van der Waals surface area contributed by atoms with Gasteiger partial charge in [-0.3, -0.25) is 9.59 Å². The van der Waals surface area contributed by atoms with Crippen LogP contribution in [0.3, 0.4) is 0 Å². The van der Waals surface area contributed by atoms with Crippen LogP contribution >= 0.6 is 0 Å². The van der Waals surface area contributed by atoms with Crippen molar-refractivity contribution in [2.24, 2.45) is 5.92 Å². The molecule has 2 aromatic carbocycles. The normalized spacial score (nSPS) is 20.8. The first kappa shape index (κ1) is 22.3.